The summed E-state index contributed by atoms with van der Waals surface area (Å²) in [4.78, 5) is 38.8. The van der Waals surface area contributed by atoms with E-state index >= 15 is 0 Å². The maximum atomic E-state index is 14.4. The van der Waals surface area contributed by atoms with Crippen molar-refractivity contribution in [2.75, 3.05) is 0 Å². The number of hydrogen-bond donors (Lipinski definition) is 0. The largest absolute Gasteiger partial charge is 0.288 e. The fourth-order valence-corrected chi connectivity index (χ4v) is 6.97. The van der Waals surface area contributed by atoms with E-state index in [0.29, 0.717) is 64.4 Å². The first-order chi connectivity index (χ1) is 19.5. The van der Waals surface area contributed by atoms with Crippen LogP contribution in [-0.4, -0.2) is 9.97 Å². The standard InChI is InChI=1S/C34H14Cl2N2O2/c35-15-9-11-23-21(13-15)25-17-5-1-3-7-19(17)33(39)29-27(25)31(37-23)30-28-26(18-6-2-4-8-20(18)34(30)40)22-14-16(36)10-12-24(22)38-32(28)29/h1-14H. The van der Waals surface area contributed by atoms with E-state index < -0.39 is 0 Å². The zero-order chi connectivity index (χ0) is 26.9. The fourth-order valence-electron chi connectivity index (χ4n) is 6.63. The van der Waals surface area contributed by atoms with Crippen LogP contribution in [0.1, 0.15) is 0 Å². The molecule has 9 aromatic rings. The highest BCUT2D eigenvalue weighted by molar-refractivity contribution is 6.43. The molecular weight excluding hydrogens is 539 g/mol. The first-order valence-electron chi connectivity index (χ1n) is 12.8. The van der Waals surface area contributed by atoms with Gasteiger partial charge in [0.25, 0.3) is 0 Å². The van der Waals surface area contributed by atoms with Gasteiger partial charge in [0.1, 0.15) is 0 Å². The second kappa shape index (κ2) is 7.51. The molecule has 0 N–H and O–H groups in total. The molecule has 0 amide bonds. The molecule has 0 aliphatic rings. The highest BCUT2D eigenvalue weighted by atomic mass is 35.5. The molecule has 6 heteroatoms. The molecule has 4 nitrogen and oxygen atoms in total. The predicted octanol–water partition coefficient (Wildman–Crippen LogP) is 8.60. The van der Waals surface area contributed by atoms with Gasteiger partial charge in [-0.1, -0.05) is 71.7 Å². The molecule has 2 heterocycles. The van der Waals surface area contributed by atoms with Crippen molar-refractivity contribution in [3.8, 4) is 0 Å². The third kappa shape index (κ3) is 2.63. The Bertz CT molecular complexity index is 2530. The third-order valence-electron chi connectivity index (χ3n) is 8.20. The van der Waals surface area contributed by atoms with E-state index in [1.165, 1.54) is 0 Å². The predicted molar refractivity (Wildman–Crippen MR) is 167 cm³/mol. The fraction of sp³-hybridized carbons (Fsp3) is 0. The summed E-state index contributed by atoms with van der Waals surface area (Å²) < 4.78 is 0. The zero-order valence-electron chi connectivity index (χ0n) is 20.5. The van der Waals surface area contributed by atoms with Crippen molar-refractivity contribution in [3.05, 3.63) is 115 Å². The van der Waals surface area contributed by atoms with Gasteiger partial charge < -0.3 is 0 Å². The van der Waals surface area contributed by atoms with Crippen LogP contribution in [0.25, 0.3) is 86.7 Å². The van der Waals surface area contributed by atoms with Gasteiger partial charge >= 0.3 is 0 Å². The Morgan fingerprint density at radius 2 is 0.825 bits per heavy atom. The summed E-state index contributed by atoms with van der Waals surface area (Å²) in [5.41, 5.74) is 2.12. The number of nitrogens with zero attached hydrogens (tertiary/aromatic N) is 2. The van der Waals surface area contributed by atoms with E-state index in [4.69, 9.17) is 33.2 Å². The smallest absolute Gasteiger partial charge is 0.196 e. The molecule has 0 unspecified atom stereocenters. The average molecular weight is 553 g/mol. The SMILES string of the molecule is O=c1c2ccccc2c2c3cc(Cl)ccc3nc3c4c(=O)c5ccccc5c5c6cc(Cl)ccc6nc(c1c32)c45. The molecule has 0 fully saturated rings. The van der Waals surface area contributed by atoms with Crippen molar-refractivity contribution in [1.82, 2.24) is 9.97 Å². The lowest BCUT2D eigenvalue weighted by molar-refractivity contribution is 1.50. The van der Waals surface area contributed by atoms with Gasteiger partial charge in [-0.05, 0) is 47.2 Å². The van der Waals surface area contributed by atoms with Crippen LogP contribution in [-0.2, 0) is 0 Å². The van der Waals surface area contributed by atoms with Crippen molar-refractivity contribution >= 4 is 110 Å². The Hall–Kier alpha value is -4.64. The molecule has 0 saturated heterocycles. The quantitative estimate of drug-likeness (QED) is 0.139. The second-order valence-electron chi connectivity index (χ2n) is 10.2. The maximum absolute atomic E-state index is 14.4. The van der Waals surface area contributed by atoms with Crippen molar-refractivity contribution in [2.24, 2.45) is 0 Å². The Balaban J connectivity index is 1.79. The number of fused-ring (bicyclic) bond motifs is 10. The second-order valence-corrected chi connectivity index (χ2v) is 11.1. The van der Waals surface area contributed by atoms with Crippen LogP contribution in [0, 0.1) is 0 Å². The minimum atomic E-state index is -0.138. The van der Waals surface area contributed by atoms with Crippen LogP contribution in [0.4, 0.5) is 0 Å². The zero-order valence-corrected chi connectivity index (χ0v) is 22.1. The van der Waals surface area contributed by atoms with E-state index in [-0.39, 0.29) is 10.9 Å². The molecule has 7 aromatic carbocycles. The van der Waals surface area contributed by atoms with Crippen molar-refractivity contribution < 1.29 is 0 Å². The number of aromatic nitrogens is 2. The van der Waals surface area contributed by atoms with Gasteiger partial charge in [-0.3, -0.25) is 9.59 Å². The number of rotatable bonds is 0. The van der Waals surface area contributed by atoms with Gasteiger partial charge in [0, 0.05) is 53.1 Å². The lowest BCUT2D eigenvalue weighted by atomic mass is 9.87. The van der Waals surface area contributed by atoms with E-state index in [1.54, 1.807) is 12.1 Å². The molecule has 2 aromatic heterocycles. The molecule has 0 atom stereocenters. The van der Waals surface area contributed by atoms with Crippen molar-refractivity contribution in [1.29, 1.82) is 0 Å². The average Bonchev–Trinajstić information content (AvgIpc) is 2.97. The molecule has 0 aliphatic heterocycles. The number of hydrogen-bond acceptors (Lipinski definition) is 4. The number of halogens is 2. The normalized spacial score (nSPS) is 12.4. The summed E-state index contributed by atoms with van der Waals surface area (Å²) in [6, 6.07) is 26.2. The number of benzene rings is 7. The molecule has 0 bridgehead atoms. The van der Waals surface area contributed by atoms with Gasteiger partial charge in [0.2, 0.25) is 0 Å². The molecule has 40 heavy (non-hydrogen) atoms. The van der Waals surface area contributed by atoms with Crippen molar-refractivity contribution in [3.63, 3.8) is 0 Å². The summed E-state index contributed by atoms with van der Waals surface area (Å²) in [5, 5.41) is 9.42. The molecule has 186 valence electrons. The summed E-state index contributed by atoms with van der Waals surface area (Å²) in [6.07, 6.45) is 0. The summed E-state index contributed by atoms with van der Waals surface area (Å²) >= 11 is 13.0. The van der Waals surface area contributed by atoms with E-state index in [2.05, 4.69) is 0 Å². The highest BCUT2D eigenvalue weighted by Crippen LogP contribution is 2.44. The third-order valence-corrected chi connectivity index (χ3v) is 8.67. The summed E-state index contributed by atoms with van der Waals surface area (Å²) in [5.74, 6) is 0. The molecule has 0 saturated carbocycles. The minimum absolute atomic E-state index is 0.138. The van der Waals surface area contributed by atoms with E-state index in [1.807, 2.05) is 72.8 Å². The Morgan fingerprint density at radius 3 is 1.25 bits per heavy atom. The van der Waals surface area contributed by atoms with Gasteiger partial charge in [0.05, 0.1) is 32.8 Å². The monoisotopic (exact) mass is 552 g/mol. The van der Waals surface area contributed by atoms with Crippen LogP contribution in [0.2, 0.25) is 10.0 Å². The molecule has 0 radical (unpaired) electrons. The van der Waals surface area contributed by atoms with Gasteiger partial charge in [-0.2, -0.15) is 0 Å². The lowest BCUT2D eigenvalue weighted by Gasteiger charge is -2.18. The highest BCUT2D eigenvalue weighted by Gasteiger charge is 2.26. The van der Waals surface area contributed by atoms with Crippen LogP contribution in [0.3, 0.4) is 0 Å². The van der Waals surface area contributed by atoms with E-state index in [9.17, 15) is 9.59 Å². The summed E-state index contributed by atoms with van der Waals surface area (Å²) in [6.45, 7) is 0. The lowest BCUT2D eigenvalue weighted by Crippen LogP contribution is -2.11. The van der Waals surface area contributed by atoms with Gasteiger partial charge in [-0.15, -0.1) is 0 Å². The van der Waals surface area contributed by atoms with Crippen LogP contribution >= 0.6 is 23.2 Å². The van der Waals surface area contributed by atoms with E-state index in [0.717, 1.165) is 32.3 Å². The first kappa shape index (κ1) is 22.2. The molecular formula is C34H14Cl2N2O2. The summed E-state index contributed by atoms with van der Waals surface area (Å²) in [7, 11) is 0. The van der Waals surface area contributed by atoms with Crippen LogP contribution in [0.15, 0.2) is 94.5 Å². The Morgan fingerprint density at radius 1 is 0.425 bits per heavy atom. The molecule has 0 spiro atoms. The number of pyridine rings is 2. The first-order valence-corrected chi connectivity index (χ1v) is 13.6. The molecule has 9 rings (SSSR count). The Labute approximate surface area is 234 Å². The molecule has 0 aliphatic carbocycles. The topological polar surface area (TPSA) is 59.9 Å². The van der Waals surface area contributed by atoms with Crippen LogP contribution < -0.4 is 10.9 Å². The van der Waals surface area contributed by atoms with Gasteiger partial charge in [0.15, 0.2) is 10.9 Å². The maximum Gasteiger partial charge on any atom is 0.196 e. The minimum Gasteiger partial charge on any atom is -0.288 e. The van der Waals surface area contributed by atoms with Crippen LogP contribution in [0.5, 0.6) is 0 Å². The van der Waals surface area contributed by atoms with Crippen molar-refractivity contribution in [2.45, 2.75) is 0 Å². The Kier molecular flexibility index (Phi) is 4.17. The van der Waals surface area contributed by atoms with Gasteiger partial charge in [-0.25, -0.2) is 9.97 Å².